The van der Waals surface area contributed by atoms with Crippen molar-refractivity contribution in [3.63, 3.8) is 0 Å². The Bertz CT molecular complexity index is 1520. The zero-order chi connectivity index (χ0) is 28.3. The lowest BCUT2D eigenvalue weighted by Gasteiger charge is -2.16. The van der Waals surface area contributed by atoms with Gasteiger partial charge in [-0.3, -0.25) is 9.59 Å². The number of alkyl halides is 3. The number of nitrogens with zero attached hydrogens (tertiary/aromatic N) is 4. The van der Waals surface area contributed by atoms with E-state index in [-0.39, 0.29) is 28.6 Å². The summed E-state index contributed by atoms with van der Waals surface area (Å²) in [5.41, 5.74) is -2.47. The number of aryl methyl sites for hydroxylation is 1. The molecule has 0 unspecified atom stereocenters. The predicted octanol–water partition coefficient (Wildman–Crippen LogP) is 3.89. The molecule has 0 bridgehead atoms. The first kappa shape index (κ1) is 28.6. The molecule has 3 rings (SSSR count). The van der Waals surface area contributed by atoms with Crippen molar-refractivity contribution in [2.45, 2.75) is 24.9 Å². The molecule has 2 heterocycles. The summed E-state index contributed by atoms with van der Waals surface area (Å²) in [6, 6.07) is 7.67. The molecule has 10 nitrogen and oxygen atoms in total. The maximum atomic E-state index is 13.5. The van der Waals surface area contributed by atoms with Gasteiger partial charge in [-0.1, -0.05) is 6.07 Å². The molecule has 2 amide bonds. The minimum Gasteiger partial charge on any atom is -0.435 e. The second-order valence-electron chi connectivity index (χ2n) is 7.97. The van der Waals surface area contributed by atoms with Crippen molar-refractivity contribution < 1.29 is 36.1 Å². The first-order valence-corrected chi connectivity index (χ1v) is 12.7. The van der Waals surface area contributed by atoms with Crippen molar-refractivity contribution in [1.29, 1.82) is 0 Å². The molecular formula is C23H22F4N6O4S. The van der Waals surface area contributed by atoms with E-state index in [1.807, 2.05) is 0 Å². The summed E-state index contributed by atoms with van der Waals surface area (Å²) in [6.07, 6.45) is -3.69. The average molecular weight is 555 g/mol. The third-order valence-electron chi connectivity index (χ3n) is 5.02. The normalized spacial score (nSPS) is 12.9. The second-order valence-corrected chi connectivity index (χ2v) is 10.2. The van der Waals surface area contributed by atoms with Crippen LogP contribution in [0, 0.1) is 19.8 Å². The van der Waals surface area contributed by atoms with Gasteiger partial charge in [0, 0.05) is 16.8 Å². The van der Waals surface area contributed by atoms with Gasteiger partial charge in [0.05, 0.1) is 22.0 Å². The van der Waals surface area contributed by atoms with Crippen LogP contribution in [0.4, 0.5) is 23.2 Å². The van der Waals surface area contributed by atoms with Gasteiger partial charge in [-0.05, 0) is 56.8 Å². The van der Waals surface area contributed by atoms with Crippen molar-refractivity contribution in [3.8, 4) is 11.6 Å². The van der Waals surface area contributed by atoms with Gasteiger partial charge >= 0.3 is 6.18 Å². The molecule has 1 aromatic carbocycles. The molecule has 0 aliphatic rings. The summed E-state index contributed by atoms with van der Waals surface area (Å²) in [5, 5.41) is 11.6. The Labute approximate surface area is 215 Å². The van der Waals surface area contributed by atoms with Gasteiger partial charge in [-0.25, -0.2) is 9.19 Å². The van der Waals surface area contributed by atoms with E-state index in [9.17, 15) is 31.4 Å². The number of nitrogens with one attached hydrogen (secondary N) is 2. The van der Waals surface area contributed by atoms with Gasteiger partial charge in [0.15, 0.2) is 11.4 Å². The Morgan fingerprint density at radius 1 is 1.13 bits per heavy atom. The zero-order valence-corrected chi connectivity index (χ0v) is 21.3. The maximum Gasteiger partial charge on any atom is 0.435 e. The van der Waals surface area contributed by atoms with E-state index in [4.69, 9.17) is 4.74 Å². The van der Waals surface area contributed by atoms with E-state index in [0.717, 1.165) is 13.0 Å². The fourth-order valence-corrected chi connectivity index (χ4v) is 4.51. The fourth-order valence-electron chi connectivity index (χ4n) is 3.27. The molecule has 2 aromatic heterocycles. The van der Waals surface area contributed by atoms with Gasteiger partial charge in [-0.15, -0.1) is 10.2 Å². The number of pyridine rings is 1. The van der Waals surface area contributed by atoms with E-state index in [0.29, 0.717) is 0 Å². The number of aromatic nitrogens is 3. The molecule has 0 aliphatic heterocycles. The summed E-state index contributed by atoms with van der Waals surface area (Å²) >= 11 is 0. The smallest absolute Gasteiger partial charge is 0.435 e. The molecule has 38 heavy (non-hydrogen) atoms. The SMILES string of the molecule is CNCC(=O)N=[S@](C)(=O)c1cccc(NC(=O)c2c(Oc3ccc(F)nc3C)nnc(C(F)(F)F)c2C)c1. The largest absolute Gasteiger partial charge is 0.435 e. The molecule has 0 fully saturated rings. The van der Waals surface area contributed by atoms with E-state index in [2.05, 4.69) is 30.2 Å². The third-order valence-corrected chi connectivity index (χ3v) is 6.70. The number of rotatable bonds is 7. The van der Waals surface area contributed by atoms with Gasteiger partial charge in [0.25, 0.3) is 17.7 Å². The monoisotopic (exact) mass is 554 g/mol. The van der Waals surface area contributed by atoms with Crippen LogP contribution in [-0.2, 0) is 20.7 Å². The van der Waals surface area contributed by atoms with E-state index < -0.39 is 56.4 Å². The number of hydrogen-bond donors (Lipinski definition) is 2. The summed E-state index contributed by atoms with van der Waals surface area (Å²) in [5.74, 6) is -3.15. The van der Waals surface area contributed by atoms with Gasteiger partial charge < -0.3 is 15.4 Å². The summed E-state index contributed by atoms with van der Waals surface area (Å²) in [7, 11) is -1.67. The molecule has 0 radical (unpaired) electrons. The second kappa shape index (κ2) is 11.2. The Morgan fingerprint density at radius 2 is 1.84 bits per heavy atom. The Morgan fingerprint density at radius 3 is 2.47 bits per heavy atom. The van der Waals surface area contributed by atoms with Crippen LogP contribution in [0.5, 0.6) is 11.6 Å². The minimum absolute atomic E-state index is 0.0497. The van der Waals surface area contributed by atoms with Crippen molar-refractivity contribution in [2.24, 2.45) is 4.36 Å². The molecule has 202 valence electrons. The first-order chi connectivity index (χ1) is 17.7. The number of carbonyl (C=O) groups is 2. The van der Waals surface area contributed by atoms with Crippen molar-refractivity contribution in [1.82, 2.24) is 20.5 Å². The highest BCUT2D eigenvalue weighted by Crippen LogP contribution is 2.35. The van der Waals surface area contributed by atoms with E-state index >= 15 is 0 Å². The third kappa shape index (κ3) is 6.66. The lowest BCUT2D eigenvalue weighted by atomic mass is 10.1. The predicted molar refractivity (Wildman–Crippen MR) is 129 cm³/mol. The standard InChI is InChI=1S/C23H22F4N6O4S/c1-12-19(21(35)30-14-6-5-7-15(10-14)38(4,36)33-18(34)11-28-3)22(32-31-20(12)23(25,26)27)37-16-8-9-17(24)29-13(16)2/h5-10,28H,11H2,1-4H3,(H,30,35)/t38-/m1/s1. The van der Waals surface area contributed by atoms with Crippen LogP contribution < -0.4 is 15.4 Å². The van der Waals surface area contributed by atoms with Crippen molar-refractivity contribution >= 4 is 27.2 Å². The number of benzene rings is 1. The van der Waals surface area contributed by atoms with E-state index in [1.54, 1.807) is 0 Å². The molecule has 2 N–H and O–H groups in total. The van der Waals surface area contributed by atoms with Crippen LogP contribution in [0.15, 0.2) is 45.7 Å². The quantitative estimate of drug-likeness (QED) is 0.332. The van der Waals surface area contributed by atoms with Crippen LogP contribution >= 0.6 is 0 Å². The molecule has 15 heteroatoms. The van der Waals surface area contributed by atoms with Crippen LogP contribution in [-0.4, -0.2) is 51.1 Å². The number of anilines is 1. The molecule has 0 spiro atoms. The van der Waals surface area contributed by atoms with Crippen molar-refractivity contribution in [3.05, 3.63) is 64.9 Å². The molecule has 0 aliphatic carbocycles. The Kier molecular flexibility index (Phi) is 8.41. The molecule has 3 aromatic rings. The number of amides is 2. The summed E-state index contributed by atoms with van der Waals surface area (Å²) in [4.78, 5) is 28.7. The topological polar surface area (TPSA) is 136 Å². The highest BCUT2D eigenvalue weighted by atomic mass is 32.2. The minimum atomic E-state index is -4.92. The highest BCUT2D eigenvalue weighted by Gasteiger charge is 2.38. The van der Waals surface area contributed by atoms with Gasteiger partial charge in [-0.2, -0.15) is 21.9 Å². The van der Waals surface area contributed by atoms with Gasteiger partial charge in [0.1, 0.15) is 5.56 Å². The van der Waals surface area contributed by atoms with Crippen LogP contribution in [0.3, 0.4) is 0 Å². The summed E-state index contributed by atoms with van der Waals surface area (Å²) in [6.45, 7) is 2.28. The Balaban J connectivity index is 2.04. The van der Waals surface area contributed by atoms with Crippen molar-refractivity contribution in [2.75, 3.05) is 25.2 Å². The first-order valence-electron chi connectivity index (χ1n) is 10.8. The molecular weight excluding hydrogens is 532 g/mol. The van der Waals surface area contributed by atoms with E-state index in [1.165, 1.54) is 50.6 Å². The number of likely N-dealkylation sites (N-methyl/N-ethyl adjacent to an activating group) is 1. The van der Waals surface area contributed by atoms with Gasteiger partial charge in [0.2, 0.25) is 5.95 Å². The number of hydrogen-bond acceptors (Lipinski definition) is 8. The molecule has 0 saturated carbocycles. The number of halogens is 4. The molecule has 1 atom stereocenters. The van der Waals surface area contributed by atoms with Crippen LogP contribution in [0.1, 0.15) is 27.3 Å². The lowest BCUT2D eigenvalue weighted by Crippen LogP contribution is -2.21. The zero-order valence-electron chi connectivity index (χ0n) is 20.5. The van der Waals surface area contributed by atoms with Crippen LogP contribution in [0.25, 0.3) is 0 Å². The number of carbonyl (C=O) groups excluding carboxylic acids is 2. The lowest BCUT2D eigenvalue weighted by molar-refractivity contribution is -0.142. The highest BCUT2D eigenvalue weighted by molar-refractivity contribution is 7.93. The average Bonchev–Trinajstić information content (AvgIpc) is 2.80. The molecule has 0 saturated heterocycles. The maximum absolute atomic E-state index is 13.5. The van der Waals surface area contributed by atoms with Crippen LogP contribution in [0.2, 0.25) is 0 Å². The summed E-state index contributed by atoms with van der Waals surface area (Å²) < 4.78 is 76.1. The fraction of sp³-hybridized carbons (Fsp3) is 0.261. The number of ether oxygens (including phenoxy) is 1. The Hall–Kier alpha value is -3.98.